The van der Waals surface area contributed by atoms with E-state index in [-0.39, 0.29) is 0 Å². The molecule has 0 amide bonds. The fourth-order valence-corrected chi connectivity index (χ4v) is 3.53. The van der Waals surface area contributed by atoms with Crippen molar-refractivity contribution in [1.29, 1.82) is 0 Å². The highest BCUT2D eigenvalue weighted by Gasteiger charge is 2.21. The van der Waals surface area contributed by atoms with Crippen LogP contribution in [0.3, 0.4) is 0 Å². The Morgan fingerprint density at radius 1 is 1.45 bits per heavy atom. The zero-order valence-corrected chi connectivity index (χ0v) is 12.7. The number of rotatable bonds is 6. The highest BCUT2D eigenvalue weighted by Crippen LogP contribution is 2.22. The summed E-state index contributed by atoms with van der Waals surface area (Å²) in [6.07, 6.45) is 2.82. The lowest BCUT2D eigenvalue weighted by molar-refractivity contribution is 0.0844. The predicted molar refractivity (Wildman–Crippen MR) is 85.5 cm³/mol. The number of nitrogens with one attached hydrogen (secondary N) is 2. The van der Waals surface area contributed by atoms with Crippen molar-refractivity contribution in [3.8, 4) is 0 Å². The molecule has 20 heavy (non-hydrogen) atoms. The van der Waals surface area contributed by atoms with Crippen LogP contribution in [0.5, 0.6) is 0 Å². The number of aromatic amines is 1. The summed E-state index contributed by atoms with van der Waals surface area (Å²) in [5, 5.41) is 6.10. The lowest BCUT2D eigenvalue weighted by Crippen LogP contribution is -2.38. The fourth-order valence-electron chi connectivity index (χ4n) is 2.70. The van der Waals surface area contributed by atoms with E-state index in [4.69, 9.17) is 4.74 Å². The molecule has 1 saturated heterocycles. The Kier molecular flexibility index (Phi) is 4.65. The van der Waals surface area contributed by atoms with Crippen molar-refractivity contribution in [2.24, 2.45) is 0 Å². The van der Waals surface area contributed by atoms with Gasteiger partial charge >= 0.3 is 0 Å². The van der Waals surface area contributed by atoms with Crippen molar-refractivity contribution in [3.05, 3.63) is 30.3 Å². The highest BCUT2D eigenvalue weighted by molar-refractivity contribution is 7.99. The van der Waals surface area contributed by atoms with Gasteiger partial charge in [-0.25, -0.2) is 0 Å². The smallest absolute Gasteiger partial charge is 0.0732 e. The van der Waals surface area contributed by atoms with Gasteiger partial charge in [0.1, 0.15) is 0 Å². The monoisotopic (exact) mass is 290 g/mol. The Morgan fingerprint density at radius 3 is 3.15 bits per heavy atom. The summed E-state index contributed by atoms with van der Waals surface area (Å²) < 4.78 is 5.69. The zero-order valence-electron chi connectivity index (χ0n) is 11.9. The maximum Gasteiger partial charge on any atom is 0.0732 e. The van der Waals surface area contributed by atoms with E-state index in [0.29, 0.717) is 12.1 Å². The van der Waals surface area contributed by atoms with Crippen molar-refractivity contribution in [2.45, 2.75) is 36.9 Å². The number of hydrogen-bond donors (Lipinski definition) is 2. The number of thioether (sulfide) groups is 1. The minimum Gasteiger partial charge on any atom is -0.377 e. The molecule has 1 aromatic heterocycles. The average Bonchev–Trinajstić information content (AvgIpc) is 3.11. The minimum absolute atomic E-state index is 0.410. The first-order chi connectivity index (χ1) is 9.83. The molecule has 0 radical (unpaired) electrons. The van der Waals surface area contributed by atoms with Gasteiger partial charge in [0.05, 0.1) is 11.1 Å². The zero-order chi connectivity index (χ0) is 13.8. The van der Waals surface area contributed by atoms with Crippen LogP contribution in [0, 0.1) is 0 Å². The van der Waals surface area contributed by atoms with Gasteiger partial charge in [0.2, 0.25) is 0 Å². The molecule has 0 saturated carbocycles. The van der Waals surface area contributed by atoms with Crippen LogP contribution in [-0.2, 0) is 4.74 Å². The fraction of sp³-hybridized carbons (Fsp3) is 0.500. The number of hydrogen-bond acceptors (Lipinski definition) is 3. The average molecular weight is 290 g/mol. The second-order valence-corrected chi connectivity index (χ2v) is 6.50. The Balaban J connectivity index is 1.43. The molecule has 3 nitrogen and oxygen atoms in total. The Morgan fingerprint density at radius 2 is 2.35 bits per heavy atom. The second-order valence-electron chi connectivity index (χ2n) is 5.36. The lowest BCUT2D eigenvalue weighted by Gasteiger charge is -2.19. The van der Waals surface area contributed by atoms with Crippen LogP contribution < -0.4 is 5.32 Å². The molecule has 2 aromatic rings. The summed E-state index contributed by atoms with van der Waals surface area (Å²) in [5.41, 5.74) is 1.22. The van der Waals surface area contributed by atoms with Gasteiger partial charge in [-0.1, -0.05) is 18.2 Å². The van der Waals surface area contributed by atoms with Crippen LogP contribution in [0.4, 0.5) is 0 Å². The topological polar surface area (TPSA) is 37.0 Å². The quantitative estimate of drug-likeness (QED) is 0.632. The number of H-pyrrole nitrogens is 1. The lowest BCUT2D eigenvalue weighted by atomic mass is 10.1. The molecule has 0 aliphatic carbocycles. The Labute approximate surface area is 124 Å². The SMILES string of the molecule is CC(NCCSc1cc2ccccc2[nH]1)C1CCCO1. The highest BCUT2D eigenvalue weighted by atomic mass is 32.2. The van der Waals surface area contributed by atoms with E-state index in [1.165, 1.54) is 28.8 Å². The van der Waals surface area contributed by atoms with Gasteiger partial charge in [-0.2, -0.15) is 0 Å². The molecule has 2 atom stereocenters. The van der Waals surface area contributed by atoms with Gasteiger partial charge in [0.15, 0.2) is 0 Å². The number of benzene rings is 1. The van der Waals surface area contributed by atoms with Gasteiger partial charge < -0.3 is 15.0 Å². The minimum atomic E-state index is 0.410. The van der Waals surface area contributed by atoms with Gasteiger partial charge in [0.25, 0.3) is 0 Å². The molecule has 1 aliphatic heterocycles. The molecule has 2 N–H and O–H groups in total. The third-order valence-electron chi connectivity index (χ3n) is 3.85. The van der Waals surface area contributed by atoms with Crippen molar-refractivity contribution >= 4 is 22.7 Å². The van der Waals surface area contributed by atoms with Crippen LogP contribution in [0.15, 0.2) is 35.4 Å². The molecule has 0 bridgehead atoms. The van der Waals surface area contributed by atoms with Crippen LogP contribution in [0.25, 0.3) is 10.9 Å². The Bertz CT molecular complexity index is 515. The van der Waals surface area contributed by atoms with Gasteiger partial charge in [-0.3, -0.25) is 0 Å². The summed E-state index contributed by atoms with van der Waals surface area (Å²) in [6, 6.07) is 11.1. The van der Waals surface area contributed by atoms with Crippen molar-refractivity contribution in [2.75, 3.05) is 18.9 Å². The van der Waals surface area contributed by atoms with E-state index in [0.717, 1.165) is 18.9 Å². The summed E-state index contributed by atoms with van der Waals surface area (Å²) >= 11 is 1.87. The summed E-state index contributed by atoms with van der Waals surface area (Å²) in [5.74, 6) is 1.07. The summed E-state index contributed by atoms with van der Waals surface area (Å²) in [6.45, 7) is 4.17. The standard InChI is InChI=1S/C16H22N2OS/c1-12(15-7-4-9-19-15)17-8-10-20-16-11-13-5-2-3-6-14(13)18-16/h2-3,5-6,11-12,15,17-18H,4,7-10H2,1H3. The van der Waals surface area contributed by atoms with E-state index >= 15 is 0 Å². The van der Waals surface area contributed by atoms with E-state index in [1.807, 2.05) is 11.8 Å². The normalized spacial score (nSPS) is 20.6. The maximum absolute atomic E-state index is 5.69. The molecule has 2 heterocycles. The van der Waals surface area contributed by atoms with Crippen molar-refractivity contribution in [3.63, 3.8) is 0 Å². The molecule has 1 aromatic carbocycles. The van der Waals surface area contributed by atoms with Gasteiger partial charge in [-0.05, 0) is 31.9 Å². The van der Waals surface area contributed by atoms with Crippen molar-refractivity contribution < 1.29 is 4.74 Å². The van der Waals surface area contributed by atoms with Crippen LogP contribution >= 0.6 is 11.8 Å². The Hall–Kier alpha value is -0.970. The maximum atomic E-state index is 5.69. The predicted octanol–water partition coefficient (Wildman–Crippen LogP) is 3.42. The molecule has 1 fully saturated rings. The van der Waals surface area contributed by atoms with Gasteiger partial charge in [0, 0.05) is 35.8 Å². The number of fused-ring (bicyclic) bond motifs is 1. The summed E-state index contributed by atoms with van der Waals surface area (Å²) in [4.78, 5) is 3.45. The molecule has 108 valence electrons. The molecular weight excluding hydrogens is 268 g/mol. The molecule has 3 rings (SSSR count). The number of para-hydroxylation sites is 1. The summed E-state index contributed by atoms with van der Waals surface area (Å²) in [7, 11) is 0. The molecule has 4 heteroatoms. The largest absolute Gasteiger partial charge is 0.377 e. The van der Waals surface area contributed by atoms with Gasteiger partial charge in [-0.15, -0.1) is 11.8 Å². The number of aromatic nitrogens is 1. The van der Waals surface area contributed by atoms with Crippen LogP contribution in [-0.4, -0.2) is 36.0 Å². The van der Waals surface area contributed by atoms with Crippen LogP contribution in [0.1, 0.15) is 19.8 Å². The number of ether oxygens (including phenoxy) is 1. The van der Waals surface area contributed by atoms with E-state index < -0.39 is 0 Å². The molecule has 2 unspecified atom stereocenters. The first kappa shape index (κ1) is 14.0. The van der Waals surface area contributed by atoms with E-state index in [1.54, 1.807) is 0 Å². The van der Waals surface area contributed by atoms with E-state index in [9.17, 15) is 0 Å². The first-order valence-electron chi connectivity index (χ1n) is 7.38. The molecule has 0 spiro atoms. The van der Waals surface area contributed by atoms with Crippen molar-refractivity contribution in [1.82, 2.24) is 10.3 Å². The van der Waals surface area contributed by atoms with E-state index in [2.05, 4.69) is 47.6 Å². The second kappa shape index (κ2) is 6.66. The molecular formula is C16H22N2OS. The molecule has 1 aliphatic rings. The van der Waals surface area contributed by atoms with Crippen LogP contribution in [0.2, 0.25) is 0 Å². The third-order valence-corrected chi connectivity index (χ3v) is 4.79. The first-order valence-corrected chi connectivity index (χ1v) is 8.37. The third kappa shape index (κ3) is 3.37.